The fourth-order valence-electron chi connectivity index (χ4n) is 0.955. The van der Waals surface area contributed by atoms with E-state index in [-0.39, 0.29) is 5.56 Å². The van der Waals surface area contributed by atoms with Crippen LogP contribution in [0.15, 0.2) is 4.79 Å². The maximum atomic E-state index is 11.1. The number of aromatic amines is 1. The minimum Gasteiger partial charge on any atom is -0.288 e. The molecule has 0 fully saturated rings. The molecule has 1 rings (SSSR count). The van der Waals surface area contributed by atoms with Crippen LogP contribution < -0.4 is 11.0 Å². The second-order valence-corrected chi connectivity index (χ2v) is 2.58. The summed E-state index contributed by atoms with van der Waals surface area (Å²) in [5.74, 6) is -0.829. The molecule has 0 aliphatic rings. The first-order valence-corrected chi connectivity index (χ1v) is 3.58. The summed E-state index contributed by atoms with van der Waals surface area (Å²) in [6.45, 7) is 3.24. The largest absolute Gasteiger partial charge is 0.288 e. The molecule has 13 heavy (non-hydrogen) atoms. The van der Waals surface area contributed by atoms with E-state index in [0.29, 0.717) is 11.3 Å². The van der Waals surface area contributed by atoms with E-state index in [1.54, 1.807) is 13.8 Å². The number of carbonyl (C=O) groups excluding carboxylic acids is 1. The van der Waals surface area contributed by atoms with Gasteiger partial charge in [-0.2, -0.15) is 5.10 Å². The van der Waals surface area contributed by atoms with Gasteiger partial charge in [0.05, 0.1) is 5.69 Å². The van der Waals surface area contributed by atoms with Crippen molar-refractivity contribution in [2.24, 2.45) is 0 Å². The summed E-state index contributed by atoms with van der Waals surface area (Å²) < 4.78 is 0. The quantitative estimate of drug-likeness (QED) is 0.404. The summed E-state index contributed by atoms with van der Waals surface area (Å²) in [6, 6.07) is 0. The van der Waals surface area contributed by atoms with E-state index in [4.69, 9.17) is 5.21 Å². The Morgan fingerprint density at radius 2 is 2.15 bits per heavy atom. The number of hydrogen-bond acceptors (Lipinski definition) is 4. The number of amides is 1. The molecule has 6 nitrogen and oxygen atoms in total. The van der Waals surface area contributed by atoms with Gasteiger partial charge >= 0.3 is 0 Å². The normalized spacial score (nSPS) is 9.77. The Labute approximate surface area is 73.6 Å². The van der Waals surface area contributed by atoms with Crippen molar-refractivity contribution >= 4 is 5.91 Å². The van der Waals surface area contributed by atoms with Gasteiger partial charge in [-0.15, -0.1) is 0 Å². The number of nitrogens with one attached hydrogen (secondary N) is 2. The number of hydrogen-bond donors (Lipinski definition) is 3. The molecule has 0 atom stereocenters. The fourth-order valence-corrected chi connectivity index (χ4v) is 0.955. The highest BCUT2D eigenvalue weighted by atomic mass is 16.5. The molecule has 0 bridgehead atoms. The number of aryl methyl sites for hydroxylation is 1. The van der Waals surface area contributed by atoms with Crippen LogP contribution in [0.4, 0.5) is 0 Å². The van der Waals surface area contributed by atoms with Gasteiger partial charge in [0, 0.05) is 0 Å². The molecule has 0 aliphatic heterocycles. The molecular formula is C7H9N3O3. The predicted molar refractivity (Wildman–Crippen MR) is 43.6 cm³/mol. The standard InChI is InChI=1S/C7H9N3O3/c1-3-4(2)8-9-6(11)5(3)7(12)10-13/h13H,1-2H3,(H,9,11)(H,10,12). The van der Waals surface area contributed by atoms with Gasteiger partial charge in [-0.25, -0.2) is 10.6 Å². The smallest absolute Gasteiger partial charge is 0.280 e. The van der Waals surface area contributed by atoms with E-state index in [1.165, 1.54) is 5.48 Å². The molecule has 0 saturated heterocycles. The van der Waals surface area contributed by atoms with E-state index >= 15 is 0 Å². The summed E-state index contributed by atoms with van der Waals surface area (Å²) in [7, 11) is 0. The summed E-state index contributed by atoms with van der Waals surface area (Å²) >= 11 is 0. The Bertz CT molecular complexity index is 396. The molecule has 0 radical (unpaired) electrons. The van der Waals surface area contributed by atoms with Crippen molar-refractivity contribution in [1.82, 2.24) is 15.7 Å². The molecule has 6 heteroatoms. The molecule has 0 aromatic carbocycles. The number of carbonyl (C=O) groups is 1. The van der Waals surface area contributed by atoms with Gasteiger partial charge in [0.1, 0.15) is 5.56 Å². The minimum absolute atomic E-state index is 0.116. The number of H-pyrrole nitrogens is 1. The first-order chi connectivity index (χ1) is 6.07. The summed E-state index contributed by atoms with van der Waals surface area (Å²) in [4.78, 5) is 22.1. The molecular weight excluding hydrogens is 174 g/mol. The van der Waals surface area contributed by atoms with Gasteiger partial charge in [-0.1, -0.05) is 0 Å². The summed E-state index contributed by atoms with van der Waals surface area (Å²) in [5.41, 5.74) is 1.67. The van der Waals surface area contributed by atoms with Crippen molar-refractivity contribution < 1.29 is 10.0 Å². The van der Waals surface area contributed by atoms with Crippen LogP contribution in [0.25, 0.3) is 0 Å². The zero-order valence-electron chi connectivity index (χ0n) is 7.21. The van der Waals surface area contributed by atoms with Gasteiger partial charge < -0.3 is 0 Å². The predicted octanol–water partition coefficient (Wildman–Crippen LogP) is -0.494. The average Bonchev–Trinajstić information content (AvgIpc) is 2.12. The first kappa shape index (κ1) is 9.40. The van der Waals surface area contributed by atoms with Crippen molar-refractivity contribution in [3.63, 3.8) is 0 Å². The topological polar surface area (TPSA) is 95.1 Å². The molecule has 0 unspecified atom stereocenters. The van der Waals surface area contributed by atoms with Crippen molar-refractivity contribution in [2.75, 3.05) is 0 Å². The molecule has 1 heterocycles. The fraction of sp³-hybridized carbons (Fsp3) is 0.286. The Balaban J connectivity index is 3.42. The lowest BCUT2D eigenvalue weighted by Gasteiger charge is -2.03. The second kappa shape index (κ2) is 3.36. The van der Waals surface area contributed by atoms with Crippen molar-refractivity contribution in [3.05, 3.63) is 27.2 Å². The van der Waals surface area contributed by atoms with Gasteiger partial charge in [-0.05, 0) is 19.4 Å². The molecule has 0 aliphatic carbocycles. The SMILES string of the molecule is Cc1n[nH]c(=O)c(C(=O)NO)c1C. The van der Waals surface area contributed by atoms with Crippen LogP contribution in [-0.2, 0) is 0 Å². The van der Waals surface area contributed by atoms with Crippen LogP contribution in [0, 0.1) is 13.8 Å². The zero-order valence-corrected chi connectivity index (χ0v) is 7.21. The van der Waals surface area contributed by atoms with Crippen LogP contribution >= 0.6 is 0 Å². The maximum Gasteiger partial charge on any atom is 0.280 e. The van der Waals surface area contributed by atoms with Crippen LogP contribution in [0.1, 0.15) is 21.6 Å². The van der Waals surface area contributed by atoms with Gasteiger partial charge in [-0.3, -0.25) is 14.8 Å². The Morgan fingerprint density at radius 1 is 1.54 bits per heavy atom. The number of hydroxylamine groups is 1. The molecule has 0 spiro atoms. The molecule has 1 aromatic heterocycles. The van der Waals surface area contributed by atoms with Gasteiger partial charge in [0.2, 0.25) is 0 Å². The van der Waals surface area contributed by atoms with Crippen LogP contribution in [-0.4, -0.2) is 21.3 Å². The number of nitrogens with zero attached hydrogens (tertiary/aromatic N) is 1. The average molecular weight is 183 g/mol. The highest BCUT2D eigenvalue weighted by Gasteiger charge is 2.14. The second-order valence-electron chi connectivity index (χ2n) is 2.58. The minimum atomic E-state index is -0.829. The lowest BCUT2D eigenvalue weighted by atomic mass is 10.1. The van der Waals surface area contributed by atoms with Crippen LogP contribution in [0.2, 0.25) is 0 Å². The van der Waals surface area contributed by atoms with Crippen LogP contribution in [0.3, 0.4) is 0 Å². The van der Waals surface area contributed by atoms with Crippen molar-refractivity contribution in [3.8, 4) is 0 Å². The Morgan fingerprint density at radius 3 is 2.69 bits per heavy atom. The van der Waals surface area contributed by atoms with Crippen LogP contribution in [0.5, 0.6) is 0 Å². The molecule has 1 aromatic rings. The van der Waals surface area contributed by atoms with E-state index in [2.05, 4.69) is 10.2 Å². The zero-order chi connectivity index (χ0) is 10.0. The molecule has 70 valence electrons. The van der Waals surface area contributed by atoms with Gasteiger partial charge in [0.15, 0.2) is 0 Å². The highest BCUT2D eigenvalue weighted by Crippen LogP contribution is 2.03. The summed E-state index contributed by atoms with van der Waals surface area (Å²) in [5, 5.41) is 14.2. The van der Waals surface area contributed by atoms with Gasteiger partial charge in [0.25, 0.3) is 11.5 Å². The maximum absolute atomic E-state index is 11.1. The van der Waals surface area contributed by atoms with E-state index in [9.17, 15) is 9.59 Å². The Kier molecular flexibility index (Phi) is 2.43. The lowest BCUT2D eigenvalue weighted by Crippen LogP contribution is -2.29. The van der Waals surface area contributed by atoms with Crippen molar-refractivity contribution in [1.29, 1.82) is 0 Å². The van der Waals surface area contributed by atoms with E-state index in [1.807, 2.05) is 0 Å². The summed E-state index contributed by atoms with van der Waals surface area (Å²) in [6.07, 6.45) is 0. The highest BCUT2D eigenvalue weighted by molar-refractivity contribution is 5.94. The number of aromatic nitrogens is 2. The lowest BCUT2D eigenvalue weighted by molar-refractivity contribution is 0.0703. The first-order valence-electron chi connectivity index (χ1n) is 3.58. The van der Waals surface area contributed by atoms with Crippen molar-refractivity contribution in [2.45, 2.75) is 13.8 Å². The van der Waals surface area contributed by atoms with E-state index in [0.717, 1.165) is 0 Å². The van der Waals surface area contributed by atoms with E-state index < -0.39 is 11.5 Å². The third kappa shape index (κ3) is 1.57. The molecule has 3 N–H and O–H groups in total. The Hall–Kier alpha value is -1.69. The third-order valence-electron chi connectivity index (χ3n) is 1.80. The molecule has 0 saturated carbocycles. The monoisotopic (exact) mass is 183 g/mol. The molecule has 1 amide bonds. The third-order valence-corrected chi connectivity index (χ3v) is 1.80. The number of rotatable bonds is 1.